The molecule has 0 unspecified atom stereocenters. The van der Waals surface area contributed by atoms with Crippen molar-refractivity contribution >= 4 is 11.6 Å². The van der Waals surface area contributed by atoms with Crippen molar-refractivity contribution in [2.75, 3.05) is 6.61 Å². The summed E-state index contributed by atoms with van der Waals surface area (Å²) in [6, 6.07) is 3.97. The van der Waals surface area contributed by atoms with Gasteiger partial charge in [-0.15, -0.1) is 0 Å². The summed E-state index contributed by atoms with van der Waals surface area (Å²) in [4.78, 5) is 15.1. The number of rotatable bonds is 4. The molecule has 0 radical (unpaired) electrons. The fraction of sp³-hybridized carbons (Fsp3) is 0.300. The third-order valence-corrected chi connectivity index (χ3v) is 2.03. The summed E-state index contributed by atoms with van der Waals surface area (Å²) in [5, 5.41) is 0.130. The van der Waals surface area contributed by atoms with Gasteiger partial charge in [0.1, 0.15) is 0 Å². The van der Waals surface area contributed by atoms with Crippen molar-refractivity contribution in [1.29, 1.82) is 0 Å². The topological polar surface area (TPSA) is 63.7 Å². The molecule has 0 amide bonds. The third-order valence-electron chi connectivity index (χ3n) is 1.86. The number of ether oxygens (including phenoxy) is 1. The summed E-state index contributed by atoms with van der Waals surface area (Å²) in [6.45, 7) is 2.57. The first-order valence-corrected chi connectivity index (χ1v) is 5.35. The van der Waals surface area contributed by atoms with E-state index in [9.17, 15) is 0 Å². The van der Waals surface area contributed by atoms with Gasteiger partial charge in [-0.2, -0.15) is 15.0 Å². The fourth-order valence-electron chi connectivity index (χ4n) is 1.18. The number of hydrogen-bond acceptors (Lipinski definition) is 4. The Bertz CT molecular complexity index is 458. The van der Waals surface area contributed by atoms with Crippen molar-refractivity contribution < 1.29 is 4.74 Å². The normalized spacial score (nSPS) is 10.4. The summed E-state index contributed by atoms with van der Waals surface area (Å²) in [7, 11) is 0. The predicted octanol–water partition coefficient (Wildman–Crippen LogP) is 2.31. The molecule has 6 heteroatoms. The second-order valence-electron chi connectivity index (χ2n) is 3.14. The molecule has 0 fully saturated rings. The molecule has 2 aromatic heterocycles. The number of halogens is 1. The number of aromatic amines is 1. The van der Waals surface area contributed by atoms with Crippen molar-refractivity contribution in [3.63, 3.8) is 0 Å². The summed E-state index contributed by atoms with van der Waals surface area (Å²) in [5.74, 6) is 0.483. The van der Waals surface area contributed by atoms with Crippen LogP contribution in [0.15, 0.2) is 18.3 Å². The van der Waals surface area contributed by atoms with E-state index in [4.69, 9.17) is 16.3 Å². The van der Waals surface area contributed by atoms with E-state index >= 15 is 0 Å². The minimum absolute atomic E-state index is 0.130. The molecule has 0 spiro atoms. The van der Waals surface area contributed by atoms with Crippen molar-refractivity contribution in [3.8, 4) is 17.5 Å². The zero-order valence-electron chi connectivity index (χ0n) is 8.77. The lowest BCUT2D eigenvalue weighted by Gasteiger charge is -2.03. The lowest BCUT2D eigenvalue weighted by atomic mass is 10.4. The van der Waals surface area contributed by atoms with Gasteiger partial charge < -0.3 is 9.72 Å². The average Bonchev–Trinajstić information content (AvgIpc) is 2.79. The lowest BCUT2D eigenvalue weighted by Crippen LogP contribution is -2.02. The fourth-order valence-corrected chi connectivity index (χ4v) is 1.33. The Morgan fingerprint density at radius 2 is 2.25 bits per heavy atom. The zero-order valence-corrected chi connectivity index (χ0v) is 9.53. The molecular formula is C10H11ClN4O. The number of H-pyrrole nitrogens is 1. The molecule has 2 heterocycles. The molecular weight excluding hydrogens is 228 g/mol. The van der Waals surface area contributed by atoms with Crippen molar-refractivity contribution in [3.05, 3.63) is 23.6 Å². The average molecular weight is 239 g/mol. The minimum Gasteiger partial charge on any atom is -0.463 e. The highest BCUT2D eigenvalue weighted by atomic mass is 35.5. The first kappa shape index (κ1) is 10.9. The highest BCUT2D eigenvalue weighted by Gasteiger charge is 2.08. The largest absolute Gasteiger partial charge is 0.463 e. The van der Waals surface area contributed by atoms with E-state index in [1.165, 1.54) is 0 Å². The van der Waals surface area contributed by atoms with E-state index in [1.807, 2.05) is 19.1 Å². The van der Waals surface area contributed by atoms with Gasteiger partial charge in [0.2, 0.25) is 5.28 Å². The number of aromatic nitrogens is 4. The summed E-state index contributed by atoms with van der Waals surface area (Å²) in [5.41, 5.74) is 0.783. The molecule has 0 aliphatic heterocycles. The van der Waals surface area contributed by atoms with Crippen LogP contribution in [0.1, 0.15) is 13.3 Å². The van der Waals surface area contributed by atoms with Crippen LogP contribution >= 0.6 is 11.6 Å². The van der Waals surface area contributed by atoms with Crippen LogP contribution in [0.25, 0.3) is 11.5 Å². The highest BCUT2D eigenvalue weighted by Crippen LogP contribution is 2.16. The van der Waals surface area contributed by atoms with Gasteiger partial charge in [-0.1, -0.05) is 6.92 Å². The second-order valence-corrected chi connectivity index (χ2v) is 3.48. The molecule has 1 N–H and O–H groups in total. The molecule has 16 heavy (non-hydrogen) atoms. The van der Waals surface area contributed by atoms with Gasteiger partial charge in [-0.05, 0) is 30.2 Å². The summed E-state index contributed by atoms with van der Waals surface area (Å²) in [6.07, 6.45) is 2.68. The van der Waals surface area contributed by atoms with Crippen LogP contribution in [0.4, 0.5) is 0 Å². The van der Waals surface area contributed by atoms with Crippen LogP contribution in [0.5, 0.6) is 6.01 Å². The molecule has 0 atom stereocenters. The highest BCUT2D eigenvalue weighted by molar-refractivity contribution is 6.28. The molecule has 0 aliphatic carbocycles. The Balaban J connectivity index is 2.29. The van der Waals surface area contributed by atoms with Crippen molar-refractivity contribution in [2.45, 2.75) is 13.3 Å². The molecule has 0 aliphatic rings. The van der Waals surface area contributed by atoms with Gasteiger partial charge in [0.05, 0.1) is 12.3 Å². The SMILES string of the molecule is CCCOc1nc(Cl)nc(-c2ccc[nH]2)n1. The maximum absolute atomic E-state index is 5.79. The number of nitrogens with one attached hydrogen (secondary N) is 1. The van der Waals surface area contributed by atoms with Crippen molar-refractivity contribution in [2.24, 2.45) is 0 Å². The van der Waals surface area contributed by atoms with E-state index in [-0.39, 0.29) is 11.3 Å². The van der Waals surface area contributed by atoms with Gasteiger partial charge in [0.25, 0.3) is 0 Å². The van der Waals surface area contributed by atoms with E-state index in [2.05, 4.69) is 19.9 Å². The third kappa shape index (κ3) is 2.49. The maximum Gasteiger partial charge on any atom is 0.321 e. The summed E-state index contributed by atoms with van der Waals surface area (Å²) < 4.78 is 5.31. The van der Waals surface area contributed by atoms with E-state index in [0.717, 1.165) is 12.1 Å². The second kappa shape index (κ2) is 4.94. The first-order valence-electron chi connectivity index (χ1n) is 4.97. The molecule has 0 saturated carbocycles. The minimum atomic E-state index is 0.130. The van der Waals surface area contributed by atoms with Gasteiger partial charge in [-0.3, -0.25) is 0 Å². The molecule has 0 aromatic carbocycles. The molecule has 0 saturated heterocycles. The smallest absolute Gasteiger partial charge is 0.321 e. The van der Waals surface area contributed by atoms with Crippen LogP contribution in [0.2, 0.25) is 5.28 Å². The lowest BCUT2D eigenvalue weighted by molar-refractivity contribution is 0.291. The molecule has 0 bridgehead atoms. The zero-order chi connectivity index (χ0) is 11.4. The van der Waals surface area contributed by atoms with Gasteiger partial charge in [0, 0.05) is 6.20 Å². The molecule has 5 nitrogen and oxygen atoms in total. The Kier molecular flexibility index (Phi) is 3.36. The molecule has 2 rings (SSSR count). The maximum atomic E-state index is 5.79. The number of hydrogen-bond donors (Lipinski definition) is 1. The number of nitrogens with zero attached hydrogens (tertiary/aromatic N) is 3. The Morgan fingerprint density at radius 1 is 1.38 bits per heavy atom. The van der Waals surface area contributed by atoms with Gasteiger partial charge >= 0.3 is 6.01 Å². The molecule has 84 valence electrons. The quantitative estimate of drug-likeness (QED) is 0.888. The molecule has 2 aromatic rings. The Hall–Kier alpha value is -1.62. The van der Waals surface area contributed by atoms with E-state index in [0.29, 0.717) is 12.4 Å². The van der Waals surface area contributed by atoms with E-state index < -0.39 is 0 Å². The first-order chi connectivity index (χ1) is 7.79. The predicted molar refractivity (Wildman–Crippen MR) is 60.4 cm³/mol. The van der Waals surface area contributed by atoms with Crippen LogP contribution in [-0.4, -0.2) is 26.5 Å². The standard InChI is InChI=1S/C10H11ClN4O/c1-2-6-16-10-14-8(13-9(11)15-10)7-4-3-5-12-7/h3-5,12H,2,6H2,1H3. The van der Waals surface area contributed by atoms with Gasteiger partial charge in [0.15, 0.2) is 5.82 Å². The van der Waals surface area contributed by atoms with Crippen LogP contribution < -0.4 is 4.74 Å². The summed E-state index contributed by atoms with van der Waals surface area (Å²) >= 11 is 5.79. The van der Waals surface area contributed by atoms with Crippen molar-refractivity contribution in [1.82, 2.24) is 19.9 Å². The van der Waals surface area contributed by atoms with E-state index in [1.54, 1.807) is 6.20 Å². The monoisotopic (exact) mass is 238 g/mol. The van der Waals surface area contributed by atoms with Crippen LogP contribution in [-0.2, 0) is 0 Å². The van der Waals surface area contributed by atoms with Crippen LogP contribution in [0.3, 0.4) is 0 Å². The Labute approximate surface area is 97.9 Å². The van der Waals surface area contributed by atoms with Gasteiger partial charge in [-0.25, -0.2) is 0 Å². The van der Waals surface area contributed by atoms with Crippen LogP contribution in [0, 0.1) is 0 Å². The Morgan fingerprint density at radius 3 is 2.94 bits per heavy atom.